The maximum Gasteiger partial charge on any atom is 0.403 e. The molecule has 1 aliphatic heterocycles. The van der Waals surface area contributed by atoms with Gasteiger partial charge in [-0.2, -0.15) is 0 Å². The van der Waals surface area contributed by atoms with Crippen molar-refractivity contribution in [3.63, 3.8) is 0 Å². The molecule has 0 radical (unpaired) electrons. The molecule has 1 heterocycles. The van der Waals surface area contributed by atoms with Gasteiger partial charge in [0.1, 0.15) is 6.61 Å². The molecule has 0 amide bonds. The summed E-state index contributed by atoms with van der Waals surface area (Å²) in [6, 6.07) is 0. The second-order valence-corrected chi connectivity index (χ2v) is 3.94. The highest BCUT2D eigenvalue weighted by molar-refractivity contribution is 6.61. The van der Waals surface area contributed by atoms with Crippen LogP contribution in [0.3, 0.4) is 0 Å². The second kappa shape index (κ2) is 4.29. The molecule has 76 valence electrons. The molecule has 1 aliphatic rings. The Morgan fingerprint density at radius 1 is 1.69 bits per heavy atom. The van der Waals surface area contributed by atoms with Crippen molar-refractivity contribution in [1.29, 1.82) is 0 Å². The van der Waals surface area contributed by atoms with Crippen LogP contribution in [0.2, 0.25) is 0 Å². The average Bonchev–Trinajstić information content (AvgIpc) is 2.45. The maximum absolute atomic E-state index is 10.5. The minimum absolute atomic E-state index is 0.0323. The molecule has 3 nitrogen and oxygen atoms in total. The number of ether oxygens (including phenoxy) is 1. The van der Waals surface area contributed by atoms with Crippen molar-refractivity contribution >= 4 is 17.0 Å². The molecule has 13 heavy (non-hydrogen) atoms. The third-order valence-corrected chi connectivity index (χ3v) is 3.17. The Labute approximate surface area is 84.0 Å². The lowest BCUT2D eigenvalue weighted by Crippen LogP contribution is -2.45. The number of carbonyl (C=O) groups is 1. The lowest BCUT2D eigenvalue weighted by molar-refractivity contribution is 0.0677. The Bertz CT molecular complexity index is 198. The fraction of sp³-hybridized carbons (Fsp3) is 0.889. The Balaban J connectivity index is 2.53. The third kappa shape index (κ3) is 2.35. The van der Waals surface area contributed by atoms with Gasteiger partial charge in [-0.3, -0.25) is 4.90 Å². The number of carbonyl (C=O) groups excluding carboxylic acids is 1. The normalized spacial score (nSPS) is 29.2. The minimum Gasteiger partial charge on any atom is -0.452 e. The molecule has 1 atom stereocenters. The van der Waals surface area contributed by atoms with E-state index in [1.54, 1.807) is 0 Å². The van der Waals surface area contributed by atoms with Crippen LogP contribution < -0.4 is 0 Å². The summed E-state index contributed by atoms with van der Waals surface area (Å²) in [5, 5.41) is 0. The Morgan fingerprint density at radius 2 is 2.38 bits per heavy atom. The highest BCUT2D eigenvalue weighted by atomic mass is 35.5. The summed E-state index contributed by atoms with van der Waals surface area (Å²) >= 11 is 5.14. The van der Waals surface area contributed by atoms with Crippen LogP contribution in [0, 0.1) is 0 Å². The monoisotopic (exact) mass is 205 g/mol. The van der Waals surface area contributed by atoms with Gasteiger partial charge in [0.2, 0.25) is 0 Å². The van der Waals surface area contributed by atoms with Gasteiger partial charge in [0.25, 0.3) is 0 Å². The van der Waals surface area contributed by atoms with E-state index >= 15 is 0 Å². The number of hydrogen-bond donors (Lipinski definition) is 0. The SMILES string of the molecule is CCC1(COC(=O)Cl)CCCN1C. The van der Waals surface area contributed by atoms with Crippen molar-refractivity contribution in [3.8, 4) is 0 Å². The van der Waals surface area contributed by atoms with E-state index in [2.05, 4.69) is 18.9 Å². The van der Waals surface area contributed by atoms with Gasteiger partial charge >= 0.3 is 5.43 Å². The molecule has 0 saturated carbocycles. The van der Waals surface area contributed by atoms with Crippen molar-refractivity contribution in [2.24, 2.45) is 0 Å². The van der Waals surface area contributed by atoms with Gasteiger partial charge in [-0.15, -0.1) is 0 Å². The van der Waals surface area contributed by atoms with Crippen molar-refractivity contribution in [3.05, 3.63) is 0 Å². The smallest absolute Gasteiger partial charge is 0.403 e. The van der Waals surface area contributed by atoms with E-state index in [9.17, 15) is 4.79 Å². The lowest BCUT2D eigenvalue weighted by atomic mass is 9.94. The van der Waals surface area contributed by atoms with E-state index < -0.39 is 5.43 Å². The predicted molar refractivity (Wildman–Crippen MR) is 52.1 cm³/mol. The zero-order chi connectivity index (χ0) is 9.90. The zero-order valence-electron chi connectivity index (χ0n) is 8.18. The maximum atomic E-state index is 10.5. The Morgan fingerprint density at radius 3 is 2.77 bits per heavy atom. The highest BCUT2D eigenvalue weighted by Crippen LogP contribution is 2.31. The minimum atomic E-state index is -0.701. The second-order valence-electron chi connectivity index (χ2n) is 3.63. The van der Waals surface area contributed by atoms with Crippen molar-refractivity contribution in [2.45, 2.75) is 31.7 Å². The predicted octanol–water partition coefficient (Wildman–Crippen LogP) is 2.24. The van der Waals surface area contributed by atoms with Gasteiger partial charge in [-0.1, -0.05) is 6.92 Å². The molecule has 1 fully saturated rings. The molecule has 1 rings (SSSR count). The molecule has 0 aromatic rings. The van der Waals surface area contributed by atoms with Crippen LogP contribution in [-0.4, -0.2) is 36.1 Å². The molecule has 0 N–H and O–H groups in total. The number of hydrogen-bond acceptors (Lipinski definition) is 3. The summed E-state index contributed by atoms with van der Waals surface area (Å²) < 4.78 is 4.88. The van der Waals surface area contributed by atoms with Gasteiger partial charge in [-0.25, -0.2) is 4.79 Å². The van der Waals surface area contributed by atoms with Gasteiger partial charge in [0.05, 0.1) is 5.54 Å². The van der Waals surface area contributed by atoms with Gasteiger partial charge in [-0.05, 0) is 32.9 Å². The molecule has 0 spiro atoms. The molecule has 0 aromatic carbocycles. The average molecular weight is 206 g/mol. The number of halogens is 1. The third-order valence-electron chi connectivity index (χ3n) is 3.06. The fourth-order valence-electron chi connectivity index (χ4n) is 2.00. The first-order chi connectivity index (χ1) is 6.10. The molecule has 0 aromatic heterocycles. The van der Waals surface area contributed by atoms with E-state index in [4.69, 9.17) is 16.3 Å². The van der Waals surface area contributed by atoms with Crippen LogP contribution in [0.4, 0.5) is 4.79 Å². The van der Waals surface area contributed by atoms with Crippen LogP contribution >= 0.6 is 11.6 Å². The van der Waals surface area contributed by atoms with Crippen LogP contribution in [0.1, 0.15) is 26.2 Å². The molecule has 0 aliphatic carbocycles. The molecule has 4 heteroatoms. The van der Waals surface area contributed by atoms with Crippen LogP contribution in [0.25, 0.3) is 0 Å². The van der Waals surface area contributed by atoms with Crippen molar-refractivity contribution < 1.29 is 9.53 Å². The van der Waals surface area contributed by atoms with Gasteiger partial charge < -0.3 is 4.74 Å². The first-order valence-electron chi connectivity index (χ1n) is 4.64. The highest BCUT2D eigenvalue weighted by Gasteiger charge is 2.38. The first kappa shape index (κ1) is 10.8. The quantitative estimate of drug-likeness (QED) is 0.662. The standard InChI is InChI=1S/C9H16ClNO2/c1-3-9(7-13-8(10)12)5-4-6-11(9)2/h3-7H2,1-2H3. The van der Waals surface area contributed by atoms with E-state index in [1.807, 2.05) is 0 Å². The summed E-state index contributed by atoms with van der Waals surface area (Å²) in [6.07, 6.45) is 3.25. The summed E-state index contributed by atoms with van der Waals surface area (Å²) in [4.78, 5) is 12.7. The number of likely N-dealkylation sites (tertiary alicyclic amines) is 1. The number of rotatable bonds is 3. The number of nitrogens with zero attached hydrogens (tertiary/aromatic N) is 1. The molecule has 1 unspecified atom stereocenters. The van der Waals surface area contributed by atoms with Crippen molar-refractivity contribution in [1.82, 2.24) is 4.90 Å². The Kier molecular flexibility index (Phi) is 3.56. The van der Waals surface area contributed by atoms with E-state index in [-0.39, 0.29) is 5.54 Å². The Hall–Kier alpha value is -0.280. The topological polar surface area (TPSA) is 29.5 Å². The van der Waals surface area contributed by atoms with Crippen LogP contribution in [-0.2, 0) is 4.74 Å². The lowest BCUT2D eigenvalue weighted by Gasteiger charge is -2.34. The molecular weight excluding hydrogens is 190 g/mol. The first-order valence-corrected chi connectivity index (χ1v) is 5.02. The van der Waals surface area contributed by atoms with Gasteiger partial charge in [0, 0.05) is 11.6 Å². The van der Waals surface area contributed by atoms with Crippen molar-refractivity contribution in [2.75, 3.05) is 20.2 Å². The van der Waals surface area contributed by atoms with Gasteiger partial charge in [0.15, 0.2) is 0 Å². The van der Waals surface area contributed by atoms with E-state index in [1.165, 1.54) is 6.42 Å². The summed E-state index contributed by atoms with van der Waals surface area (Å²) in [5.41, 5.74) is -0.669. The largest absolute Gasteiger partial charge is 0.452 e. The van der Waals surface area contributed by atoms with Crippen LogP contribution in [0.15, 0.2) is 0 Å². The summed E-state index contributed by atoms with van der Waals surface area (Å²) in [5.74, 6) is 0. The summed E-state index contributed by atoms with van der Waals surface area (Å²) in [6.45, 7) is 3.61. The molecule has 0 bridgehead atoms. The number of likely N-dealkylation sites (N-methyl/N-ethyl adjacent to an activating group) is 1. The van der Waals surface area contributed by atoms with Crippen LogP contribution in [0.5, 0.6) is 0 Å². The zero-order valence-corrected chi connectivity index (χ0v) is 8.93. The van der Waals surface area contributed by atoms with E-state index in [0.29, 0.717) is 6.61 Å². The fourth-order valence-corrected chi connectivity index (χ4v) is 2.05. The molecular formula is C9H16ClNO2. The van der Waals surface area contributed by atoms with E-state index in [0.717, 1.165) is 19.4 Å². The summed E-state index contributed by atoms with van der Waals surface area (Å²) in [7, 11) is 2.07. The molecule has 1 saturated heterocycles.